The summed E-state index contributed by atoms with van der Waals surface area (Å²) in [6.07, 6.45) is 1.45. The number of nitrogen functional groups attached to an aromatic ring is 1. The van der Waals surface area contributed by atoms with E-state index in [4.69, 9.17) is 17.4 Å². The Bertz CT molecular complexity index is 607. The van der Waals surface area contributed by atoms with Gasteiger partial charge in [0.15, 0.2) is 5.82 Å². The Morgan fingerprint density at radius 3 is 2.75 bits per heavy atom. The van der Waals surface area contributed by atoms with Crippen molar-refractivity contribution in [2.24, 2.45) is 5.84 Å². The number of hydrazine groups is 1. The Balaban J connectivity index is 2.36. The quantitative estimate of drug-likeness (QED) is 0.670. The molecule has 0 saturated carbocycles. The van der Waals surface area contributed by atoms with E-state index >= 15 is 0 Å². The van der Waals surface area contributed by atoms with Crippen LogP contribution in [0.1, 0.15) is 18.5 Å². The summed E-state index contributed by atoms with van der Waals surface area (Å²) in [6, 6.07) is 6.35. The smallest absolute Gasteiger partial charge is 0.239 e. The van der Waals surface area contributed by atoms with Gasteiger partial charge in [-0.15, -0.1) is 0 Å². The first-order chi connectivity index (χ1) is 9.54. The molecule has 2 aromatic rings. The lowest BCUT2D eigenvalue weighted by Gasteiger charge is -2.27. The zero-order valence-corrected chi connectivity index (χ0v) is 11.9. The molecule has 0 saturated heterocycles. The molecule has 1 aromatic heterocycles. The number of halogens is 2. The SMILES string of the molecule is CC(c1ccccc1F)N(C)c1nc(NN)ncc1Cl. The Labute approximate surface area is 121 Å². The van der Waals surface area contributed by atoms with Gasteiger partial charge in [0.2, 0.25) is 5.95 Å². The second kappa shape index (κ2) is 6.02. The minimum absolute atomic E-state index is 0.241. The molecule has 0 aliphatic rings. The summed E-state index contributed by atoms with van der Waals surface area (Å²) in [5.74, 6) is 5.74. The number of hydrogen-bond donors (Lipinski definition) is 2. The van der Waals surface area contributed by atoms with Gasteiger partial charge in [-0.25, -0.2) is 15.2 Å². The molecule has 1 aromatic carbocycles. The number of nitrogens with one attached hydrogen (secondary N) is 1. The molecule has 0 radical (unpaired) electrons. The number of aromatic nitrogens is 2. The zero-order valence-electron chi connectivity index (χ0n) is 11.1. The van der Waals surface area contributed by atoms with Crippen molar-refractivity contribution in [2.45, 2.75) is 13.0 Å². The second-order valence-electron chi connectivity index (χ2n) is 4.32. The minimum Gasteiger partial charge on any atom is -0.351 e. The predicted octanol–water partition coefficient (Wildman–Crippen LogP) is 2.75. The third-order valence-electron chi connectivity index (χ3n) is 3.13. The van der Waals surface area contributed by atoms with E-state index < -0.39 is 0 Å². The highest BCUT2D eigenvalue weighted by Gasteiger charge is 2.19. The van der Waals surface area contributed by atoms with Crippen LogP contribution in [0, 0.1) is 5.82 Å². The molecule has 106 valence electrons. The maximum absolute atomic E-state index is 13.8. The van der Waals surface area contributed by atoms with Gasteiger partial charge in [0.05, 0.1) is 12.2 Å². The molecule has 0 fully saturated rings. The van der Waals surface area contributed by atoms with Gasteiger partial charge in [0.1, 0.15) is 10.8 Å². The van der Waals surface area contributed by atoms with Crippen LogP contribution >= 0.6 is 11.6 Å². The average molecular weight is 296 g/mol. The molecule has 0 spiro atoms. The normalized spacial score (nSPS) is 12.1. The van der Waals surface area contributed by atoms with Gasteiger partial charge < -0.3 is 4.90 Å². The fourth-order valence-electron chi connectivity index (χ4n) is 1.88. The lowest BCUT2D eigenvalue weighted by Crippen LogP contribution is -2.24. The van der Waals surface area contributed by atoms with Crippen LogP contribution < -0.4 is 16.2 Å². The summed E-state index contributed by atoms with van der Waals surface area (Å²) in [4.78, 5) is 9.87. The van der Waals surface area contributed by atoms with Crippen LogP contribution in [-0.2, 0) is 0 Å². The fourth-order valence-corrected chi connectivity index (χ4v) is 2.11. The van der Waals surface area contributed by atoms with E-state index in [1.54, 1.807) is 30.1 Å². The van der Waals surface area contributed by atoms with Crippen molar-refractivity contribution < 1.29 is 4.39 Å². The van der Waals surface area contributed by atoms with Crippen LogP contribution in [0.5, 0.6) is 0 Å². The van der Waals surface area contributed by atoms with Crippen LogP contribution in [0.3, 0.4) is 0 Å². The van der Waals surface area contributed by atoms with E-state index in [9.17, 15) is 4.39 Å². The summed E-state index contributed by atoms with van der Waals surface area (Å²) in [5.41, 5.74) is 2.92. The summed E-state index contributed by atoms with van der Waals surface area (Å²) in [7, 11) is 1.78. The van der Waals surface area contributed by atoms with Gasteiger partial charge in [-0.05, 0) is 13.0 Å². The van der Waals surface area contributed by atoms with E-state index in [1.165, 1.54) is 12.3 Å². The van der Waals surface area contributed by atoms with Crippen molar-refractivity contribution in [3.05, 3.63) is 46.9 Å². The van der Waals surface area contributed by atoms with Gasteiger partial charge >= 0.3 is 0 Å². The molecule has 1 atom stereocenters. The molecule has 3 N–H and O–H groups in total. The van der Waals surface area contributed by atoms with Crippen molar-refractivity contribution in [3.63, 3.8) is 0 Å². The van der Waals surface area contributed by atoms with Gasteiger partial charge in [0.25, 0.3) is 0 Å². The number of nitrogens with two attached hydrogens (primary N) is 1. The van der Waals surface area contributed by atoms with Gasteiger partial charge in [-0.2, -0.15) is 4.98 Å². The molecule has 7 heteroatoms. The van der Waals surface area contributed by atoms with Crippen LogP contribution in [0.4, 0.5) is 16.2 Å². The monoisotopic (exact) mass is 295 g/mol. The molecule has 20 heavy (non-hydrogen) atoms. The van der Waals surface area contributed by atoms with Gasteiger partial charge in [-0.1, -0.05) is 29.8 Å². The first-order valence-electron chi connectivity index (χ1n) is 6.01. The third kappa shape index (κ3) is 2.81. The van der Waals surface area contributed by atoms with Gasteiger partial charge in [0, 0.05) is 12.6 Å². The summed E-state index contributed by atoms with van der Waals surface area (Å²) in [5, 5.41) is 0.370. The highest BCUT2D eigenvalue weighted by Crippen LogP contribution is 2.30. The highest BCUT2D eigenvalue weighted by atomic mass is 35.5. The molecular weight excluding hydrogens is 281 g/mol. The van der Waals surface area contributed by atoms with Crippen LogP contribution in [0.25, 0.3) is 0 Å². The van der Waals surface area contributed by atoms with Crippen molar-refractivity contribution in [3.8, 4) is 0 Å². The molecule has 0 bridgehead atoms. The van der Waals surface area contributed by atoms with Crippen LogP contribution in [0.15, 0.2) is 30.5 Å². The number of benzene rings is 1. The zero-order chi connectivity index (χ0) is 14.7. The van der Waals surface area contributed by atoms with E-state index in [0.717, 1.165) is 0 Å². The molecule has 0 aliphatic carbocycles. The Hall–Kier alpha value is -1.92. The Morgan fingerprint density at radius 2 is 2.10 bits per heavy atom. The number of rotatable bonds is 4. The number of nitrogens with zero attached hydrogens (tertiary/aromatic N) is 3. The van der Waals surface area contributed by atoms with E-state index in [2.05, 4.69) is 15.4 Å². The molecule has 1 heterocycles. The minimum atomic E-state index is -0.269. The lowest BCUT2D eigenvalue weighted by atomic mass is 10.1. The third-order valence-corrected chi connectivity index (χ3v) is 3.39. The largest absolute Gasteiger partial charge is 0.351 e. The van der Waals surface area contributed by atoms with E-state index in [1.807, 2.05) is 6.92 Å². The van der Waals surface area contributed by atoms with Crippen LogP contribution in [0.2, 0.25) is 5.02 Å². The second-order valence-corrected chi connectivity index (χ2v) is 4.73. The maximum atomic E-state index is 13.8. The molecule has 5 nitrogen and oxygen atoms in total. The summed E-state index contributed by atoms with van der Waals surface area (Å²) < 4.78 is 13.8. The van der Waals surface area contributed by atoms with E-state index in [0.29, 0.717) is 16.4 Å². The predicted molar refractivity (Wildman–Crippen MR) is 78.1 cm³/mol. The standard InChI is InChI=1S/C13H15ClFN5/c1-8(9-5-3-4-6-11(9)15)20(2)12-10(14)7-17-13(18-12)19-16/h3-8H,16H2,1-2H3,(H,17,18,19). The molecule has 2 rings (SSSR count). The number of anilines is 2. The topological polar surface area (TPSA) is 67.1 Å². The Kier molecular flexibility index (Phi) is 4.36. The maximum Gasteiger partial charge on any atom is 0.239 e. The number of hydrogen-bond acceptors (Lipinski definition) is 5. The average Bonchev–Trinajstić information content (AvgIpc) is 2.47. The van der Waals surface area contributed by atoms with Crippen molar-refractivity contribution in [1.29, 1.82) is 0 Å². The summed E-state index contributed by atoms with van der Waals surface area (Å²) in [6.45, 7) is 1.87. The molecule has 0 amide bonds. The molecular formula is C13H15ClFN5. The van der Waals surface area contributed by atoms with Crippen molar-refractivity contribution >= 4 is 23.4 Å². The molecule has 1 unspecified atom stereocenters. The van der Waals surface area contributed by atoms with Crippen molar-refractivity contribution in [2.75, 3.05) is 17.4 Å². The Morgan fingerprint density at radius 1 is 1.40 bits per heavy atom. The first-order valence-corrected chi connectivity index (χ1v) is 6.38. The first kappa shape index (κ1) is 14.5. The lowest BCUT2D eigenvalue weighted by molar-refractivity contribution is 0.584. The summed E-state index contributed by atoms with van der Waals surface area (Å²) >= 11 is 6.09. The molecule has 0 aliphatic heterocycles. The van der Waals surface area contributed by atoms with Crippen molar-refractivity contribution in [1.82, 2.24) is 9.97 Å². The highest BCUT2D eigenvalue weighted by molar-refractivity contribution is 6.32. The van der Waals surface area contributed by atoms with Gasteiger partial charge in [-0.3, -0.25) is 5.43 Å². The fraction of sp³-hybridized carbons (Fsp3) is 0.231. The van der Waals surface area contributed by atoms with Crippen LogP contribution in [-0.4, -0.2) is 17.0 Å². The van der Waals surface area contributed by atoms with E-state index in [-0.39, 0.29) is 17.8 Å².